The largest absolute Gasteiger partial charge is 0.489 e. The summed E-state index contributed by atoms with van der Waals surface area (Å²) in [4.78, 5) is 0. The van der Waals surface area contributed by atoms with E-state index in [0.29, 0.717) is 17.8 Å². The quantitative estimate of drug-likeness (QED) is 0.226. The van der Waals surface area contributed by atoms with Crippen LogP contribution in [0, 0.1) is 17.8 Å². The maximum Gasteiger partial charge on any atom is 0.127 e. The molecule has 0 unspecified atom stereocenters. The molecule has 39 heavy (non-hydrogen) atoms. The summed E-state index contributed by atoms with van der Waals surface area (Å²) in [7, 11) is -0.713. The van der Waals surface area contributed by atoms with Crippen LogP contribution >= 0.6 is 7.92 Å². The van der Waals surface area contributed by atoms with Crippen molar-refractivity contribution in [3.63, 3.8) is 0 Å². The van der Waals surface area contributed by atoms with Gasteiger partial charge in [-0.15, -0.1) is 0 Å². The molecule has 2 aliphatic rings. The Morgan fingerprint density at radius 1 is 0.692 bits per heavy atom. The molecule has 1 fully saturated rings. The average Bonchev–Trinajstić information content (AvgIpc) is 3.09. The predicted molar refractivity (Wildman–Crippen MR) is 168 cm³/mol. The molecule has 0 spiro atoms. The van der Waals surface area contributed by atoms with Gasteiger partial charge in [-0.05, 0) is 71.9 Å². The lowest BCUT2D eigenvalue weighted by Crippen LogP contribution is -2.34. The Morgan fingerprint density at radius 3 is 1.95 bits per heavy atom. The smallest absolute Gasteiger partial charge is 0.127 e. The molecule has 4 atom stereocenters. The highest BCUT2D eigenvalue weighted by atomic mass is 31.1. The van der Waals surface area contributed by atoms with Crippen molar-refractivity contribution >= 4 is 30.4 Å². The maximum absolute atomic E-state index is 7.15. The molecule has 0 saturated heterocycles. The van der Waals surface area contributed by atoms with Crippen LogP contribution in [0.2, 0.25) is 0 Å². The van der Waals surface area contributed by atoms with Crippen LogP contribution in [0.15, 0.2) is 109 Å². The van der Waals surface area contributed by atoms with E-state index >= 15 is 0 Å². The monoisotopic (exact) mass is 530 g/mol. The first-order valence-corrected chi connectivity index (χ1v) is 16.0. The van der Waals surface area contributed by atoms with E-state index in [4.69, 9.17) is 4.74 Å². The minimum Gasteiger partial charge on any atom is -0.489 e. The number of fused-ring (bicyclic) bond motifs is 2. The van der Waals surface area contributed by atoms with Crippen molar-refractivity contribution in [3.05, 3.63) is 131 Å². The van der Waals surface area contributed by atoms with Crippen molar-refractivity contribution in [1.29, 1.82) is 0 Å². The number of ether oxygens (including phenoxy) is 1. The lowest BCUT2D eigenvalue weighted by atomic mass is 9.75. The van der Waals surface area contributed by atoms with Gasteiger partial charge in [0.1, 0.15) is 11.9 Å². The average molecular weight is 531 g/mol. The van der Waals surface area contributed by atoms with E-state index in [2.05, 4.69) is 136 Å². The summed E-state index contributed by atoms with van der Waals surface area (Å²) in [6, 6.07) is 40.3. The topological polar surface area (TPSA) is 9.23 Å². The van der Waals surface area contributed by atoms with Crippen LogP contribution in [0.5, 0.6) is 0 Å². The zero-order valence-electron chi connectivity index (χ0n) is 23.3. The molecule has 0 radical (unpaired) electrons. The summed E-state index contributed by atoms with van der Waals surface area (Å²) >= 11 is 0. The van der Waals surface area contributed by atoms with E-state index < -0.39 is 7.92 Å². The highest BCUT2D eigenvalue weighted by Gasteiger charge is 2.36. The molecule has 198 valence electrons. The Bertz CT molecular complexity index is 1380. The Morgan fingerprint density at radius 2 is 1.28 bits per heavy atom. The molecule has 4 aromatic rings. The molecule has 0 bridgehead atoms. The van der Waals surface area contributed by atoms with Crippen molar-refractivity contribution in [3.8, 4) is 0 Å². The lowest BCUT2D eigenvalue weighted by molar-refractivity contribution is 0.0265. The van der Waals surface area contributed by atoms with Crippen LogP contribution in [0.3, 0.4) is 0 Å². The van der Waals surface area contributed by atoms with Gasteiger partial charge in [-0.1, -0.05) is 136 Å². The molecule has 2 heteroatoms. The third-order valence-electron chi connectivity index (χ3n) is 8.66. The highest BCUT2D eigenvalue weighted by molar-refractivity contribution is 7.73. The maximum atomic E-state index is 7.15. The fourth-order valence-corrected chi connectivity index (χ4v) is 9.55. The molecule has 0 N–H and O–H groups in total. The fraction of sp³-hybridized carbons (Fsp3) is 0.297. The van der Waals surface area contributed by atoms with Gasteiger partial charge in [0.25, 0.3) is 0 Å². The van der Waals surface area contributed by atoms with Crippen LogP contribution in [0.25, 0.3) is 11.8 Å². The van der Waals surface area contributed by atoms with E-state index in [0.717, 1.165) is 12.2 Å². The second kappa shape index (κ2) is 11.5. The highest BCUT2D eigenvalue weighted by Crippen LogP contribution is 2.57. The van der Waals surface area contributed by atoms with Crippen LogP contribution in [-0.2, 0) is 4.74 Å². The summed E-state index contributed by atoms with van der Waals surface area (Å²) < 4.78 is 7.15. The fourth-order valence-electron chi connectivity index (χ4n) is 6.65. The van der Waals surface area contributed by atoms with Crippen LogP contribution < -0.4 is 10.6 Å². The lowest BCUT2D eigenvalue weighted by Gasteiger charge is -2.38. The van der Waals surface area contributed by atoms with Gasteiger partial charge >= 0.3 is 0 Å². The van der Waals surface area contributed by atoms with Crippen molar-refractivity contribution in [2.75, 3.05) is 0 Å². The number of hydrogen-bond donors (Lipinski definition) is 0. The number of rotatable bonds is 6. The third-order valence-corrected chi connectivity index (χ3v) is 11.4. The summed E-state index contributed by atoms with van der Waals surface area (Å²) in [6.45, 7) is 7.12. The van der Waals surface area contributed by atoms with Gasteiger partial charge in [-0.2, -0.15) is 0 Å². The molecule has 0 amide bonds. The number of hydrogen-bond acceptors (Lipinski definition) is 1. The van der Waals surface area contributed by atoms with Gasteiger partial charge in [0, 0.05) is 11.2 Å². The zero-order chi connectivity index (χ0) is 26.8. The zero-order valence-corrected chi connectivity index (χ0v) is 24.2. The van der Waals surface area contributed by atoms with Crippen LogP contribution in [0.4, 0.5) is 0 Å². The summed E-state index contributed by atoms with van der Waals surface area (Å²) in [5.74, 6) is 2.96. The van der Waals surface area contributed by atoms with E-state index in [1.54, 1.807) is 0 Å². The second-order valence-electron chi connectivity index (χ2n) is 11.7. The standard InChI is InChI=1S/C37H39OP/c1-26(2)31-23-22-27(3)24-35(31)38-36-25-28-14-10-11-19-32(28)37(34-21-13-12-20-33(34)36)39(29-15-6-4-7-16-29)30-17-8-5-9-18-30/h4-21,25-27,31,35,37H,22-24H2,1-3H3/t27-,31+,35-,37+/m0/s1. The van der Waals surface area contributed by atoms with Gasteiger partial charge in [0.15, 0.2) is 0 Å². The SMILES string of the molecule is CC(C)[C@H]1CC[C@H](C)C[C@@H]1OC1=Cc2ccccc2[C@@H](P(c2ccccc2)c2ccccc2)c2ccccc21. The molecule has 2 aliphatic carbocycles. The van der Waals surface area contributed by atoms with Crippen molar-refractivity contribution in [1.82, 2.24) is 0 Å². The van der Waals surface area contributed by atoms with Crippen LogP contribution in [-0.4, -0.2) is 6.10 Å². The molecule has 0 heterocycles. The molecule has 1 nitrogen and oxygen atoms in total. The minimum absolute atomic E-state index is 0.223. The van der Waals surface area contributed by atoms with Crippen LogP contribution in [0.1, 0.15) is 67.9 Å². The van der Waals surface area contributed by atoms with Gasteiger partial charge in [-0.3, -0.25) is 0 Å². The van der Waals surface area contributed by atoms with Crippen molar-refractivity contribution < 1.29 is 4.74 Å². The van der Waals surface area contributed by atoms with Gasteiger partial charge in [0.2, 0.25) is 0 Å². The van der Waals surface area contributed by atoms with E-state index in [1.807, 2.05) is 0 Å². The number of benzene rings is 4. The summed E-state index contributed by atoms with van der Waals surface area (Å²) in [5, 5.41) is 2.80. The Hall–Kier alpha value is -3.15. The van der Waals surface area contributed by atoms with E-state index in [-0.39, 0.29) is 11.8 Å². The van der Waals surface area contributed by atoms with Crippen molar-refractivity contribution in [2.24, 2.45) is 17.8 Å². The minimum atomic E-state index is -0.713. The molecule has 1 saturated carbocycles. The Balaban J connectivity index is 1.52. The molecular weight excluding hydrogens is 491 g/mol. The van der Waals surface area contributed by atoms with E-state index in [1.165, 1.54) is 45.7 Å². The normalized spacial score (nSPS) is 22.5. The first-order chi connectivity index (χ1) is 19.1. The first kappa shape index (κ1) is 26.1. The molecule has 0 aliphatic heterocycles. The Kier molecular flexibility index (Phi) is 7.71. The van der Waals surface area contributed by atoms with Crippen molar-refractivity contribution in [2.45, 2.75) is 51.8 Å². The summed E-state index contributed by atoms with van der Waals surface area (Å²) in [6.07, 6.45) is 6.29. The van der Waals surface area contributed by atoms with Gasteiger partial charge in [0.05, 0.1) is 0 Å². The molecule has 0 aromatic heterocycles. The first-order valence-electron chi connectivity index (χ1n) is 14.6. The molecular formula is C37H39OP. The van der Waals surface area contributed by atoms with E-state index in [9.17, 15) is 0 Å². The van der Waals surface area contributed by atoms with Gasteiger partial charge in [-0.25, -0.2) is 0 Å². The molecule has 4 aromatic carbocycles. The third kappa shape index (κ3) is 5.35. The Labute approximate surface area is 235 Å². The second-order valence-corrected chi connectivity index (χ2v) is 13.9. The summed E-state index contributed by atoms with van der Waals surface area (Å²) in [5.41, 5.74) is 5.51. The van der Waals surface area contributed by atoms with Gasteiger partial charge < -0.3 is 4.74 Å². The molecule has 6 rings (SSSR count). The predicted octanol–water partition coefficient (Wildman–Crippen LogP) is 9.20.